The highest BCUT2D eigenvalue weighted by Gasteiger charge is 2.66. The second kappa shape index (κ2) is 16.2. The molecule has 4 heterocycles. The summed E-state index contributed by atoms with van der Waals surface area (Å²) in [5, 5.41) is 11.5. The zero-order valence-corrected chi connectivity index (χ0v) is 40.2. The molecule has 1 aliphatic heterocycles. The molecule has 2 unspecified atom stereocenters. The summed E-state index contributed by atoms with van der Waals surface area (Å²) >= 11 is 1.45. The Hall–Kier alpha value is -5.34. The number of thiazole rings is 1. The first-order valence-corrected chi connectivity index (χ1v) is 23.8. The monoisotopic (exact) mass is 901 g/mol. The summed E-state index contributed by atoms with van der Waals surface area (Å²) in [4.78, 5) is 52.2. The predicted molar refractivity (Wildman–Crippen MR) is 253 cm³/mol. The number of nitrogens with one attached hydrogen (secondary N) is 2. The van der Waals surface area contributed by atoms with Crippen LogP contribution in [0.5, 0.6) is 0 Å². The molecule has 4 saturated carbocycles. The van der Waals surface area contributed by atoms with Crippen molar-refractivity contribution in [1.82, 2.24) is 25.1 Å². The van der Waals surface area contributed by atoms with Crippen LogP contribution in [-0.4, -0.2) is 74.2 Å². The largest absolute Gasteiger partial charge is 0.455 e. The Labute approximate surface area is 386 Å². The fourth-order valence-corrected chi connectivity index (χ4v) is 13.3. The van der Waals surface area contributed by atoms with E-state index in [-0.39, 0.29) is 33.4 Å². The molecule has 4 fully saturated rings. The molecule has 344 valence electrons. The number of carbonyl (C=O) groups is 3. The van der Waals surface area contributed by atoms with Crippen molar-refractivity contribution in [2.75, 3.05) is 29.9 Å². The van der Waals surface area contributed by atoms with E-state index in [0.29, 0.717) is 54.7 Å². The number of pyridine rings is 1. The Kier molecular flexibility index (Phi) is 11.2. The molecule has 13 nitrogen and oxygen atoms in total. The molecule has 3 aromatic heterocycles. The second-order valence-corrected chi connectivity index (χ2v) is 23.1. The molecule has 4 aliphatic carbocycles. The molecule has 5 aromatic rings. The molecule has 10 rings (SSSR count). The Morgan fingerprint density at radius 1 is 0.831 bits per heavy atom. The summed E-state index contributed by atoms with van der Waals surface area (Å²) < 4.78 is 21.5. The third-order valence-electron chi connectivity index (χ3n) is 13.5. The van der Waals surface area contributed by atoms with Crippen LogP contribution >= 0.6 is 11.3 Å². The van der Waals surface area contributed by atoms with E-state index >= 15 is 0 Å². The zero-order valence-electron chi connectivity index (χ0n) is 39.4. The fraction of sp³-hybridized carbons (Fsp3) is 0.529. The van der Waals surface area contributed by atoms with E-state index in [1.165, 1.54) is 17.8 Å². The third kappa shape index (κ3) is 9.38. The molecule has 0 radical (unpaired) electrons. The Morgan fingerprint density at radius 2 is 1.57 bits per heavy atom. The van der Waals surface area contributed by atoms with Gasteiger partial charge in [0.25, 0.3) is 5.91 Å². The SMILES string of the molecule is Cc1c(-c2ccc(N3CCc4cccc(C(=O)Nc5nc6ccccc6s5)c4C3)nc2C(=O)OC(C)(C)C)cnn1CC12CC3(C)CC(C)(C1)CC(OCCNC(=O)OC(C)(C)C)(C3)C2. The summed E-state index contributed by atoms with van der Waals surface area (Å²) in [6, 6.07) is 17.6. The van der Waals surface area contributed by atoms with Gasteiger partial charge in [0.05, 0.1) is 28.6 Å². The van der Waals surface area contributed by atoms with Crippen LogP contribution in [0.25, 0.3) is 21.3 Å². The summed E-state index contributed by atoms with van der Waals surface area (Å²) in [6.07, 6.45) is 8.44. The van der Waals surface area contributed by atoms with Gasteiger partial charge in [0.1, 0.15) is 17.0 Å². The van der Waals surface area contributed by atoms with E-state index in [1.807, 2.05) is 96.3 Å². The molecule has 0 saturated heterocycles. The van der Waals surface area contributed by atoms with Crippen molar-refractivity contribution in [3.8, 4) is 11.1 Å². The number of hydrogen-bond donors (Lipinski definition) is 2. The van der Waals surface area contributed by atoms with E-state index in [0.717, 1.165) is 71.2 Å². The topological polar surface area (TPSA) is 150 Å². The number of ether oxygens (including phenoxy) is 3. The summed E-state index contributed by atoms with van der Waals surface area (Å²) in [7, 11) is 0. The van der Waals surface area contributed by atoms with Gasteiger partial charge in [-0.3, -0.25) is 14.8 Å². The number of anilines is 2. The lowest BCUT2D eigenvalue weighted by Gasteiger charge is -2.69. The van der Waals surface area contributed by atoms with Gasteiger partial charge in [-0.05, 0) is 151 Å². The van der Waals surface area contributed by atoms with Crippen molar-refractivity contribution in [2.45, 2.75) is 137 Å². The van der Waals surface area contributed by atoms with Gasteiger partial charge < -0.3 is 24.4 Å². The van der Waals surface area contributed by atoms with Gasteiger partial charge in [-0.25, -0.2) is 19.6 Å². The van der Waals surface area contributed by atoms with Crippen LogP contribution in [0.3, 0.4) is 0 Å². The average Bonchev–Trinajstić information content (AvgIpc) is 3.77. The minimum Gasteiger partial charge on any atom is -0.455 e. The zero-order chi connectivity index (χ0) is 46.2. The van der Waals surface area contributed by atoms with Crippen molar-refractivity contribution < 1.29 is 28.6 Å². The maximum Gasteiger partial charge on any atom is 0.407 e. The molecule has 5 aliphatic rings. The van der Waals surface area contributed by atoms with Crippen molar-refractivity contribution in [3.05, 3.63) is 88.9 Å². The smallest absolute Gasteiger partial charge is 0.407 e. The molecule has 0 spiro atoms. The lowest BCUT2D eigenvalue weighted by atomic mass is 9.39. The third-order valence-corrected chi connectivity index (χ3v) is 14.5. The lowest BCUT2D eigenvalue weighted by molar-refractivity contribution is -0.247. The van der Waals surface area contributed by atoms with Gasteiger partial charge in [-0.1, -0.05) is 49.4 Å². The minimum atomic E-state index is -0.741. The van der Waals surface area contributed by atoms with Gasteiger partial charge in [0, 0.05) is 48.6 Å². The molecule has 2 atom stereocenters. The average molecular weight is 902 g/mol. The maximum atomic E-state index is 14.2. The number of hydrogen-bond acceptors (Lipinski definition) is 11. The minimum absolute atomic E-state index is 0.0320. The van der Waals surface area contributed by atoms with Crippen LogP contribution in [0.2, 0.25) is 0 Å². The normalized spacial score (nSPS) is 24.8. The van der Waals surface area contributed by atoms with E-state index in [2.05, 4.69) is 52.0 Å². The molecule has 2 N–H and O–H groups in total. The number of amides is 2. The Morgan fingerprint density at radius 3 is 2.29 bits per heavy atom. The predicted octanol–water partition coefficient (Wildman–Crippen LogP) is 10.3. The standard InChI is InChI=1S/C51H63N7O6S/c1-32-36(23-53-58(32)31-50-26-48(8)25-49(9,27-50)29-51(28-48,30-50)62-22-20-52-45(61)64-47(5,6)7)34-17-18-40(55-41(34)43(60)63-46(2,3)4)57-21-19-33-13-12-14-35(37(33)24-57)42(59)56-44-54-38-15-10-11-16-39(38)65-44/h10-18,23H,19-22,24-31H2,1-9H3,(H,52,61)(H,54,56,59). The number of esters is 1. The van der Waals surface area contributed by atoms with E-state index in [4.69, 9.17) is 24.3 Å². The Balaban J connectivity index is 0.962. The molecule has 65 heavy (non-hydrogen) atoms. The number of rotatable bonds is 11. The van der Waals surface area contributed by atoms with Gasteiger partial charge in [0.2, 0.25) is 0 Å². The van der Waals surface area contributed by atoms with Crippen LogP contribution in [0.1, 0.15) is 132 Å². The lowest BCUT2D eigenvalue weighted by Crippen LogP contribution is -2.64. The van der Waals surface area contributed by atoms with Crippen LogP contribution < -0.4 is 15.5 Å². The van der Waals surface area contributed by atoms with Crippen LogP contribution in [0.15, 0.2) is 60.8 Å². The number of benzene rings is 2. The number of fused-ring (bicyclic) bond motifs is 2. The van der Waals surface area contributed by atoms with Crippen molar-refractivity contribution >= 4 is 50.5 Å². The van der Waals surface area contributed by atoms with Crippen LogP contribution in [0, 0.1) is 23.2 Å². The number of aromatic nitrogens is 4. The number of carbonyl (C=O) groups excluding carboxylic acids is 3. The highest BCUT2D eigenvalue weighted by Crippen LogP contribution is 2.72. The highest BCUT2D eigenvalue weighted by atomic mass is 32.1. The second-order valence-electron chi connectivity index (χ2n) is 22.1. The first-order valence-electron chi connectivity index (χ1n) is 23.0. The van der Waals surface area contributed by atoms with Gasteiger partial charge in [-0.15, -0.1) is 0 Å². The van der Waals surface area contributed by atoms with Gasteiger partial charge >= 0.3 is 12.1 Å². The number of alkyl carbamates (subject to hydrolysis) is 1. The van der Waals surface area contributed by atoms with E-state index in [1.54, 1.807) is 0 Å². The first kappa shape index (κ1) is 44.8. The van der Waals surface area contributed by atoms with Crippen LogP contribution in [-0.2, 0) is 33.7 Å². The highest BCUT2D eigenvalue weighted by molar-refractivity contribution is 7.22. The summed E-state index contributed by atoms with van der Waals surface area (Å²) in [5.41, 5.74) is 4.82. The van der Waals surface area contributed by atoms with Crippen LogP contribution in [0.4, 0.5) is 15.7 Å². The molecule has 14 heteroatoms. The molecule has 4 bridgehead atoms. The number of para-hydroxylation sites is 1. The van der Waals surface area contributed by atoms with Gasteiger partial charge in [-0.2, -0.15) is 5.10 Å². The van der Waals surface area contributed by atoms with E-state index in [9.17, 15) is 14.4 Å². The summed E-state index contributed by atoms with van der Waals surface area (Å²) in [6.45, 7) is 20.8. The molecular weight excluding hydrogens is 839 g/mol. The molecule has 2 aromatic carbocycles. The molecule has 2 amide bonds. The van der Waals surface area contributed by atoms with Crippen molar-refractivity contribution in [1.29, 1.82) is 0 Å². The molecular formula is C51H63N7O6S. The quantitative estimate of drug-likeness (QED) is 0.0969. The van der Waals surface area contributed by atoms with Gasteiger partial charge in [0.15, 0.2) is 10.8 Å². The maximum absolute atomic E-state index is 14.2. The van der Waals surface area contributed by atoms with Crippen molar-refractivity contribution in [3.63, 3.8) is 0 Å². The van der Waals surface area contributed by atoms with E-state index < -0.39 is 23.3 Å². The Bertz CT molecular complexity index is 2620. The first-order chi connectivity index (χ1) is 30.6. The summed E-state index contributed by atoms with van der Waals surface area (Å²) in [5.74, 6) is -0.0784. The fourth-order valence-electron chi connectivity index (χ4n) is 12.5. The van der Waals surface area contributed by atoms with Crippen molar-refractivity contribution in [2.24, 2.45) is 16.2 Å². The number of nitrogens with zero attached hydrogens (tertiary/aromatic N) is 5.